The molecule has 3 amide bonds. The molecule has 0 aromatic heterocycles. The summed E-state index contributed by atoms with van der Waals surface area (Å²) in [5, 5.41) is 6.03. The van der Waals surface area contributed by atoms with Crippen molar-refractivity contribution in [3.8, 4) is 5.75 Å². The summed E-state index contributed by atoms with van der Waals surface area (Å²) in [6, 6.07) is 7.69. The molecule has 3 rings (SSSR count). The maximum Gasteiger partial charge on any atom is 0.321 e. The highest BCUT2D eigenvalue weighted by molar-refractivity contribution is 5.89. The zero-order chi connectivity index (χ0) is 18.5. The second kappa shape index (κ2) is 8.43. The molecule has 1 aliphatic heterocycles. The monoisotopic (exact) mass is 359 g/mol. The Morgan fingerprint density at radius 2 is 2.04 bits per heavy atom. The topological polar surface area (TPSA) is 70.7 Å². The van der Waals surface area contributed by atoms with Gasteiger partial charge in [-0.1, -0.05) is 19.4 Å². The third-order valence-corrected chi connectivity index (χ3v) is 5.41. The predicted molar refractivity (Wildman–Crippen MR) is 101 cm³/mol. The van der Waals surface area contributed by atoms with E-state index in [9.17, 15) is 9.59 Å². The van der Waals surface area contributed by atoms with Crippen LogP contribution in [0, 0.1) is 11.8 Å². The number of piperidine rings is 1. The van der Waals surface area contributed by atoms with Crippen LogP contribution in [0.5, 0.6) is 5.75 Å². The van der Waals surface area contributed by atoms with E-state index in [1.54, 1.807) is 7.11 Å². The maximum atomic E-state index is 12.6. The fourth-order valence-corrected chi connectivity index (χ4v) is 3.65. The van der Waals surface area contributed by atoms with E-state index in [-0.39, 0.29) is 11.9 Å². The summed E-state index contributed by atoms with van der Waals surface area (Å²) in [7, 11) is 1.61. The fraction of sp³-hybridized carbons (Fsp3) is 0.600. The lowest BCUT2D eigenvalue weighted by Crippen LogP contribution is -2.46. The zero-order valence-corrected chi connectivity index (χ0v) is 15.7. The number of carbonyl (C=O) groups is 2. The number of benzene rings is 1. The van der Waals surface area contributed by atoms with E-state index >= 15 is 0 Å². The van der Waals surface area contributed by atoms with Gasteiger partial charge in [-0.3, -0.25) is 4.79 Å². The molecule has 1 aromatic carbocycles. The van der Waals surface area contributed by atoms with E-state index in [0.29, 0.717) is 37.4 Å². The van der Waals surface area contributed by atoms with E-state index in [4.69, 9.17) is 4.74 Å². The molecular weight excluding hydrogens is 330 g/mol. The van der Waals surface area contributed by atoms with E-state index in [1.165, 1.54) is 0 Å². The summed E-state index contributed by atoms with van der Waals surface area (Å²) < 4.78 is 5.20. The number of ether oxygens (including phenoxy) is 1. The van der Waals surface area contributed by atoms with Crippen molar-refractivity contribution in [1.82, 2.24) is 10.2 Å². The Bertz CT molecular complexity index is 645. The molecule has 2 atom stereocenters. The minimum atomic E-state index is -0.0856. The molecule has 2 aliphatic rings. The average molecular weight is 359 g/mol. The average Bonchev–Trinajstić information content (AvgIpc) is 3.45. The smallest absolute Gasteiger partial charge is 0.321 e. The summed E-state index contributed by atoms with van der Waals surface area (Å²) >= 11 is 0. The van der Waals surface area contributed by atoms with E-state index in [0.717, 1.165) is 37.1 Å². The largest absolute Gasteiger partial charge is 0.497 e. The molecule has 1 aliphatic carbocycles. The van der Waals surface area contributed by atoms with Crippen LogP contribution < -0.4 is 15.4 Å². The lowest BCUT2D eigenvalue weighted by atomic mass is 9.81. The van der Waals surface area contributed by atoms with Crippen molar-refractivity contribution in [3.63, 3.8) is 0 Å². The number of methoxy groups -OCH3 is 1. The summed E-state index contributed by atoms with van der Waals surface area (Å²) in [4.78, 5) is 26.6. The Balaban J connectivity index is 1.53. The van der Waals surface area contributed by atoms with Crippen LogP contribution in [-0.2, 0) is 4.79 Å². The normalized spacial score (nSPS) is 22.6. The zero-order valence-electron chi connectivity index (χ0n) is 15.7. The number of nitrogens with one attached hydrogen (secondary N) is 2. The first-order chi connectivity index (χ1) is 12.6. The second-order valence-electron chi connectivity index (χ2n) is 7.37. The van der Waals surface area contributed by atoms with Crippen molar-refractivity contribution < 1.29 is 14.3 Å². The van der Waals surface area contributed by atoms with Gasteiger partial charge in [0.05, 0.1) is 7.11 Å². The standard InChI is InChI=1S/C20H29N3O3/c1-3-14-13-23(10-9-15(14)11-19(24)21-16-7-8-16)20(25)22-17-5-4-6-18(12-17)26-2/h4-6,12,14-16H,3,7-11,13H2,1-2H3,(H,21,24)(H,22,25)/t14-,15+/m1/s1. The predicted octanol–water partition coefficient (Wildman–Crippen LogP) is 3.24. The molecule has 1 aromatic rings. The first kappa shape index (κ1) is 18.5. The van der Waals surface area contributed by atoms with Gasteiger partial charge in [-0.25, -0.2) is 4.79 Å². The molecule has 0 bridgehead atoms. The molecule has 2 N–H and O–H groups in total. The highest BCUT2D eigenvalue weighted by Gasteiger charge is 2.33. The number of amides is 3. The number of rotatable bonds is 6. The van der Waals surface area contributed by atoms with Gasteiger partial charge in [-0.05, 0) is 43.2 Å². The van der Waals surface area contributed by atoms with Gasteiger partial charge in [0.1, 0.15) is 5.75 Å². The van der Waals surface area contributed by atoms with Crippen LogP contribution in [0.4, 0.5) is 10.5 Å². The minimum Gasteiger partial charge on any atom is -0.497 e. The molecule has 1 saturated heterocycles. The van der Waals surface area contributed by atoms with Crippen LogP contribution in [-0.4, -0.2) is 43.1 Å². The van der Waals surface area contributed by atoms with Gasteiger partial charge in [-0.15, -0.1) is 0 Å². The Hall–Kier alpha value is -2.24. The number of carbonyl (C=O) groups excluding carboxylic acids is 2. The van der Waals surface area contributed by atoms with Crippen molar-refractivity contribution in [2.75, 3.05) is 25.5 Å². The van der Waals surface area contributed by atoms with Gasteiger partial charge in [0.2, 0.25) is 5.91 Å². The Labute approximate surface area is 155 Å². The van der Waals surface area contributed by atoms with Crippen molar-refractivity contribution in [2.45, 2.75) is 45.1 Å². The summed E-state index contributed by atoms with van der Waals surface area (Å²) in [6.07, 6.45) is 4.67. The van der Waals surface area contributed by atoms with Gasteiger partial charge < -0.3 is 20.3 Å². The second-order valence-corrected chi connectivity index (χ2v) is 7.37. The van der Waals surface area contributed by atoms with Crippen LogP contribution in [0.2, 0.25) is 0 Å². The van der Waals surface area contributed by atoms with Gasteiger partial charge in [0.15, 0.2) is 0 Å². The first-order valence-electron chi connectivity index (χ1n) is 9.58. The first-order valence-corrected chi connectivity index (χ1v) is 9.58. The molecule has 1 saturated carbocycles. The van der Waals surface area contributed by atoms with Crippen molar-refractivity contribution in [3.05, 3.63) is 24.3 Å². The number of hydrogen-bond donors (Lipinski definition) is 2. The highest BCUT2D eigenvalue weighted by Crippen LogP contribution is 2.30. The molecule has 142 valence electrons. The minimum absolute atomic E-state index is 0.0856. The summed E-state index contributed by atoms with van der Waals surface area (Å²) in [5.41, 5.74) is 0.730. The summed E-state index contributed by atoms with van der Waals surface area (Å²) in [6.45, 7) is 3.53. The number of anilines is 1. The van der Waals surface area contributed by atoms with E-state index in [2.05, 4.69) is 17.6 Å². The number of urea groups is 1. The van der Waals surface area contributed by atoms with Gasteiger partial charge in [0.25, 0.3) is 0 Å². The molecule has 1 heterocycles. The van der Waals surface area contributed by atoms with Crippen molar-refractivity contribution in [1.29, 1.82) is 0 Å². The third kappa shape index (κ3) is 4.90. The van der Waals surface area contributed by atoms with Crippen LogP contribution in [0.1, 0.15) is 39.0 Å². The molecule has 6 nitrogen and oxygen atoms in total. The Kier molecular flexibility index (Phi) is 6.01. The molecule has 2 fully saturated rings. The third-order valence-electron chi connectivity index (χ3n) is 5.41. The fourth-order valence-electron chi connectivity index (χ4n) is 3.65. The Morgan fingerprint density at radius 1 is 1.23 bits per heavy atom. The van der Waals surface area contributed by atoms with Crippen molar-refractivity contribution in [2.24, 2.45) is 11.8 Å². The Morgan fingerprint density at radius 3 is 2.73 bits per heavy atom. The maximum absolute atomic E-state index is 12.6. The van der Waals surface area contributed by atoms with Crippen LogP contribution in [0.15, 0.2) is 24.3 Å². The van der Waals surface area contributed by atoms with Crippen LogP contribution in [0.25, 0.3) is 0 Å². The molecule has 6 heteroatoms. The van der Waals surface area contributed by atoms with Crippen LogP contribution in [0.3, 0.4) is 0 Å². The number of likely N-dealkylation sites (tertiary alicyclic amines) is 1. The molecule has 26 heavy (non-hydrogen) atoms. The van der Waals surface area contributed by atoms with E-state index in [1.807, 2.05) is 29.2 Å². The highest BCUT2D eigenvalue weighted by atomic mass is 16.5. The lowest BCUT2D eigenvalue weighted by molar-refractivity contribution is -0.123. The molecule has 0 unspecified atom stereocenters. The summed E-state index contributed by atoms with van der Waals surface area (Å²) in [5.74, 6) is 1.62. The SMILES string of the molecule is CC[C@@H]1CN(C(=O)Nc2cccc(OC)c2)CC[C@H]1CC(=O)NC1CC1. The van der Waals surface area contributed by atoms with Crippen LogP contribution >= 0.6 is 0 Å². The molecular formula is C20H29N3O3. The molecule has 0 spiro atoms. The number of nitrogens with zero attached hydrogens (tertiary/aromatic N) is 1. The van der Waals surface area contributed by atoms with Gasteiger partial charge in [0, 0.05) is 37.3 Å². The molecule has 0 radical (unpaired) electrons. The lowest BCUT2D eigenvalue weighted by Gasteiger charge is -2.38. The van der Waals surface area contributed by atoms with Gasteiger partial charge in [-0.2, -0.15) is 0 Å². The van der Waals surface area contributed by atoms with Crippen molar-refractivity contribution >= 4 is 17.6 Å². The quantitative estimate of drug-likeness (QED) is 0.819. The number of hydrogen-bond acceptors (Lipinski definition) is 3. The van der Waals surface area contributed by atoms with E-state index < -0.39 is 0 Å². The van der Waals surface area contributed by atoms with Gasteiger partial charge >= 0.3 is 6.03 Å².